The molecule has 0 aromatic carbocycles. The highest BCUT2D eigenvalue weighted by Gasteiger charge is 2.20. The zero-order chi connectivity index (χ0) is 13.2. The molecule has 1 fully saturated rings. The Morgan fingerprint density at radius 1 is 1.37 bits per heavy atom. The molecule has 0 unspecified atom stereocenters. The third kappa shape index (κ3) is 2.87. The van der Waals surface area contributed by atoms with E-state index in [9.17, 15) is 4.79 Å². The molecule has 3 nitrogen and oxygen atoms in total. The molecule has 2 aromatic rings. The van der Waals surface area contributed by atoms with Crippen LogP contribution >= 0.6 is 22.7 Å². The first-order valence-corrected chi connectivity index (χ1v) is 8.18. The van der Waals surface area contributed by atoms with Crippen molar-refractivity contribution in [1.82, 2.24) is 4.98 Å². The van der Waals surface area contributed by atoms with Crippen LogP contribution < -0.4 is 0 Å². The standard InChI is InChI=1S/C14H15NO2S2/c16-13(17)7-10-5-6-12(19-10)11-8-18-14(15-11)9-3-1-2-4-9/h5-6,8-9H,1-4,7H2,(H,16,17). The van der Waals surface area contributed by atoms with Crippen molar-refractivity contribution in [2.75, 3.05) is 0 Å². The summed E-state index contributed by atoms with van der Waals surface area (Å²) < 4.78 is 0. The lowest BCUT2D eigenvalue weighted by Crippen LogP contribution is -1.96. The van der Waals surface area contributed by atoms with Gasteiger partial charge in [-0.05, 0) is 25.0 Å². The second-order valence-corrected chi connectivity index (χ2v) is 6.95. The largest absolute Gasteiger partial charge is 0.481 e. The molecule has 1 aliphatic carbocycles. The SMILES string of the molecule is O=C(O)Cc1ccc(-c2csc(C3CCCC3)n2)s1. The normalized spacial score (nSPS) is 16.0. The van der Waals surface area contributed by atoms with E-state index in [-0.39, 0.29) is 6.42 Å². The lowest BCUT2D eigenvalue weighted by molar-refractivity contribution is -0.136. The van der Waals surface area contributed by atoms with Crippen molar-refractivity contribution in [3.63, 3.8) is 0 Å². The number of thiazole rings is 1. The summed E-state index contributed by atoms with van der Waals surface area (Å²) in [6.45, 7) is 0. The fourth-order valence-corrected chi connectivity index (χ4v) is 4.55. The van der Waals surface area contributed by atoms with Crippen LogP contribution in [0.25, 0.3) is 10.6 Å². The minimum absolute atomic E-state index is 0.101. The summed E-state index contributed by atoms with van der Waals surface area (Å²) in [6, 6.07) is 3.87. The first kappa shape index (κ1) is 12.8. The molecule has 0 spiro atoms. The van der Waals surface area contributed by atoms with Crippen LogP contribution in [0.4, 0.5) is 0 Å². The van der Waals surface area contributed by atoms with E-state index in [1.807, 2.05) is 12.1 Å². The van der Waals surface area contributed by atoms with Crippen LogP contribution in [0.3, 0.4) is 0 Å². The maximum atomic E-state index is 10.7. The Balaban J connectivity index is 1.78. The molecule has 1 saturated carbocycles. The van der Waals surface area contributed by atoms with Crippen molar-refractivity contribution in [3.8, 4) is 10.6 Å². The van der Waals surface area contributed by atoms with Crippen LogP contribution in [0.2, 0.25) is 0 Å². The van der Waals surface area contributed by atoms with Gasteiger partial charge in [0.25, 0.3) is 0 Å². The zero-order valence-corrected chi connectivity index (χ0v) is 12.1. The second kappa shape index (κ2) is 5.43. The van der Waals surface area contributed by atoms with Gasteiger partial charge in [-0.15, -0.1) is 22.7 Å². The zero-order valence-electron chi connectivity index (χ0n) is 10.5. The Bertz CT molecular complexity index is 582. The summed E-state index contributed by atoms with van der Waals surface area (Å²) in [5, 5.41) is 12.1. The monoisotopic (exact) mass is 293 g/mol. The Kier molecular flexibility index (Phi) is 3.66. The molecule has 0 aliphatic heterocycles. The topological polar surface area (TPSA) is 50.2 Å². The number of thiophene rings is 1. The summed E-state index contributed by atoms with van der Waals surface area (Å²) in [5.41, 5.74) is 1.01. The number of carboxylic acid groups (broad SMARTS) is 1. The average molecular weight is 293 g/mol. The van der Waals surface area contributed by atoms with Crippen molar-refractivity contribution in [2.45, 2.75) is 38.0 Å². The third-order valence-electron chi connectivity index (χ3n) is 3.47. The van der Waals surface area contributed by atoms with E-state index in [2.05, 4.69) is 5.38 Å². The van der Waals surface area contributed by atoms with Crippen LogP contribution in [0.1, 0.15) is 41.5 Å². The van der Waals surface area contributed by atoms with Crippen molar-refractivity contribution in [2.24, 2.45) is 0 Å². The van der Waals surface area contributed by atoms with Crippen molar-refractivity contribution < 1.29 is 9.90 Å². The van der Waals surface area contributed by atoms with Gasteiger partial charge < -0.3 is 5.11 Å². The summed E-state index contributed by atoms with van der Waals surface area (Å²) in [5.74, 6) is -0.129. The molecule has 3 rings (SSSR count). The Labute approximate surface area is 119 Å². The number of hydrogen-bond acceptors (Lipinski definition) is 4. The van der Waals surface area contributed by atoms with Gasteiger partial charge in [-0.25, -0.2) is 4.98 Å². The van der Waals surface area contributed by atoms with Crippen molar-refractivity contribution in [1.29, 1.82) is 0 Å². The van der Waals surface area contributed by atoms with E-state index in [1.165, 1.54) is 42.0 Å². The van der Waals surface area contributed by atoms with Crippen LogP contribution in [-0.4, -0.2) is 16.1 Å². The molecule has 0 amide bonds. The smallest absolute Gasteiger partial charge is 0.308 e. The summed E-state index contributed by atoms with van der Waals surface area (Å²) >= 11 is 3.28. The molecule has 2 heterocycles. The van der Waals surface area contributed by atoms with Crippen molar-refractivity contribution in [3.05, 3.63) is 27.4 Å². The van der Waals surface area contributed by atoms with Gasteiger partial charge in [-0.1, -0.05) is 12.8 Å². The molecule has 1 N–H and O–H groups in total. The van der Waals surface area contributed by atoms with Crippen LogP contribution in [-0.2, 0) is 11.2 Å². The molecule has 100 valence electrons. The molecule has 19 heavy (non-hydrogen) atoms. The van der Waals surface area contributed by atoms with Gasteiger partial charge in [0, 0.05) is 16.2 Å². The third-order valence-corrected chi connectivity index (χ3v) is 5.58. The maximum Gasteiger partial charge on any atom is 0.308 e. The molecular formula is C14H15NO2S2. The molecule has 1 aliphatic rings. The number of aliphatic carboxylic acids is 1. The van der Waals surface area contributed by atoms with E-state index in [0.29, 0.717) is 5.92 Å². The maximum absolute atomic E-state index is 10.7. The molecular weight excluding hydrogens is 278 g/mol. The van der Waals surface area contributed by atoms with Crippen molar-refractivity contribution >= 4 is 28.6 Å². The van der Waals surface area contributed by atoms with Crippen LogP contribution in [0, 0.1) is 0 Å². The molecule has 0 atom stereocenters. The summed E-state index contributed by atoms with van der Waals surface area (Å²) in [4.78, 5) is 17.4. The number of aromatic nitrogens is 1. The predicted octanol–water partition coefficient (Wildman–Crippen LogP) is 4.16. The van der Waals surface area contributed by atoms with Gasteiger partial charge in [0.05, 0.1) is 22.0 Å². The minimum Gasteiger partial charge on any atom is -0.481 e. The van der Waals surface area contributed by atoms with Crippen LogP contribution in [0.15, 0.2) is 17.5 Å². The van der Waals surface area contributed by atoms with Crippen LogP contribution in [0.5, 0.6) is 0 Å². The van der Waals surface area contributed by atoms with Gasteiger partial charge in [0.2, 0.25) is 0 Å². The van der Waals surface area contributed by atoms with E-state index in [0.717, 1.165) is 15.4 Å². The number of rotatable bonds is 4. The van der Waals surface area contributed by atoms with E-state index >= 15 is 0 Å². The number of hydrogen-bond donors (Lipinski definition) is 1. The Morgan fingerprint density at radius 3 is 2.89 bits per heavy atom. The average Bonchev–Trinajstić information content (AvgIpc) is 3.09. The van der Waals surface area contributed by atoms with Gasteiger partial charge in [-0.2, -0.15) is 0 Å². The van der Waals surface area contributed by atoms with Gasteiger partial charge in [0.1, 0.15) is 0 Å². The Hall–Kier alpha value is -1.20. The minimum atomic E-state index is -0.779. The predicted molar refractivity (Wildman–Crippen MR) is 78.0 cm³/mol. The summed E-state index contributed by atoms with van der Waals surface area (Å²) in [6.07, 6.45) is 5.27. The molecule has 0 saturated heterocycles. The highest BCUT2D eigenvalue weighted by atomic mass is 32.1. The highest BCUT2D eigenvalue weighted by Crippen LogP contribution is 2.38. The van der Waals surface area contributed by atoms with E-state index in [1.54, 1.807) is 11.3 Å². The first-order valence-electron chi connectivity index (χ1n) is 6.48. The number of nitrogens with zero attached hydrogens (tertiary/aromatic N) is 1. The van der Waals surface area contributed by atoms with Gasteiger partial charge >= 0.3 is 5.97 Å². The number of carbonyl (C=O) groups is 1. The lowest BCUT2D eigenvalue weighted by atomic mass is 10.1. The quantitative estimate of drug-likeness (QED) is 0.921. The molecule has 0 radical (unpaired) electrons. The first-order chi connectivity index (χ1) is 9.22. The molecule has 2 aromatic heterocycles. The van der Waals surface area contributed by atoms with Gasteiger partial charge in [0.15, 0.2) is 0 Å². The van der Waals surface area contributed by atoms with Gasteiger partial charge in [-0.3, -0.25) is 4.79 Å². The second-order valence-electron chi connectivity index (χ2n) is 4.89. The molecule has 5 heteroatoms. The summed E-state index contributed by atoms with van der Waals surface area (Å²) in [7, 11) is 0. The fourth-order valence-electron chi connectivity index (χ4n) is 2.52. The van der Waals surface area contributed by atoms with E-state index < -0.39 is 5.97 Å². The fraction of sp³-hybridized carbons (Fsp3) is 0.429. The lowest BCUT2D eigenvalue weighted by Gasteiger charge is -2.02. The van der Waals surface area contributed by atoms with E-state index in [4.69, 9.17) is 10.1 Å². The number of carboxylic acids is 1. The Morgan fingerprint density at radius 2 is 2.16 bits per heavy atom. The molecule has 0 bridgehead atoms. The highest BCUT2D eigenvalue weighted by molar-refractivity contribution is 7.16.